The lowest BCUT2D eigenvalue weighted by Crippen LogP contribution is -2.48. The fraction of sp³-hybridized carbons (Fsp3) is 0.800. The van der Waals surface area contributed by atoms with E-state index < -0.39 is 6.03 Å². The van der Waals surface area contributed by atoms with E-state index in [1.807, 2.05) is 0 Å². The predicted octanol–water partition coefficient (Wildman–Crippen LogP) is 0.548. The van der Waals surface area contributed by atoms with Gasteiger partial charge >= 0.3 is 6.03 Å². The molecule has 0 spiro atoms. The highest BCUT2D eigenvalue weighted by molar-refractivity contribution is 6.18. The first kappa shape index (κ1) is 8.26. The van der Waals surface area contributed by atoms with Crippen molar-refractivity contribution in [2.75, 3.05) is 19.0 Å². The molecular formula is C5H8ClN3O2. The van der Waals surface area contributed by atoms with E-state index in [0.717, 1.165) is 5.01 Å². The zero-order valence-corrected chi connectivity index (χ0v) is 6.54. The number of hydrogen-bond acceptors (Lipinski definition) is 3. The summed E-state index contributed by atoms with van der Waals surface area (Å²) >= 11 is 5.53. The molecule has 0 aliphatic carbocycles. The molecule has 1 aliphatic rings. The third kappa shape index (κ3) is 1.80. The minimum Gasteiger partial charge on any atom is -0.336 e. The molecule has 1 fully saturated rings. The van der Waals surface area contributed by atoms with Gasteiger partial charge in [0.25, 0.3) is 0 Å². The normalized spacial score (nSPS) is 24.6. The van der Waals surface area contributed by atoms with Crippen molar-refractivity contribution in [2.24, 2.45) is 11.2 Å². The van der Waals surface area contributed by atoms with Crippen LogP contribution >= 0.6 is 11.6 Å². The molecule has 62 valence electrons. The van der Waals surface area contributed by atoms with Crippen LogP contribution in [0, 0.1) is 10.8 Å². The molecule has 0 radical (unpaired) electrons. The van der Waals surface area contributed by atoms with Crippen LogP contribution in [0.1, 0.15) is 0 Å². The van der Waals surface area contributed by atoms with Crippen molar-refractivity contribution in [1.82, 2.24) is 10.3 Å². The molecule has 0 aromatic carbocycles. The molecule has 0 bridgehead atoms. The Morgan fingerprint density at radius 3 is 3.09 bits per heavy atom. The number of hydrogen-bond donors (Lipinski definition) is 1. The number of nitroso groups, excluding NO2 is 1. The Labute approximate surface area is 68.6 Å². The molecule has 11 heavy (non-hydrogen) atoms. The summed E-state index contributed by atoms with van der Waals surface area (Å²) in [6, 6.07) is -0.443. The first-order valence-electron chi connectivity index (χ1n) is 3.22. The number of amides is 2. The van der Waals surface area contributed by atoms with Gasteiger partial charge in [-0.3, -0.25) is 0 Å². The molecule has 2 amide bonds. The number of carbonyl (C=O) groups is 1. The van der Waals surface area contributed by atoms with E-state index in [4.69, 9.17) is 11.6 Å². The van der Waals surface area contributed by atoms with Crippen molar-refractivity contribution in [3.05, 3.63) is 4.91 Å². The fourth-order valence-corrected chi connectivity index (χ4v) is 1.10. The van der Waals surface area contributed by atoms with Crippen LogP contribution in [0.5, 0.6) is 0 Å². The highest BCUT2D eigenvalue weighted by Crippen LogP contribution is 2.07. The number of urea groups is 1. The van der Waals surface area contributed by atoms with Gasteiger partial charge in [0.2, 0.25) is 0 Å². The maximum Gasteiger partial charge on any atom is 0.340 e. The van der Waals surface area contributed by atoms with Crippen molar-refractivity contribution in [1.29, 1.82) is 0 Å². The third-order valence-corrected chi connectivity index (χ3v) is 1.96. The van der Waals surface area contributed by atoms with Crippen molar-refractivity contribution in [3.63, 3.8) is 0 Å². The van der Waals surface area contributed by atoms with Gasteiger partial charge in [-0.2, -0.15) is 5.01 Å². The molecule has 1 rings (SSSR count). The van der Waals surface area contributed by atoms with Crippen LogP contribution in [-0.4, -0.2) is 30.0 Å². The smallest absolute Gasteiger partial charge is 0.336 e. The van der Waals surface area contributed by atoms with E-state index in [9.17, 15) is 9.70 Å². The summed E-state index contributed by atoms with van der Waals surface area (Å²) in [4.78, 5) is 20.8. The second kappa shape index (κ2) is 3.52. The lowest BCUT2D eigenvalue weighted by molar-refractivity contribution is 0.173. The SMILES string of the molecule is O=NN1CC(CCl)CNC1=O. The maximum absolute atomic E-state index is 10.8. The monoisotopic (exact) mass is 177 g/mol. The summed E-state index contributed by atoms with van der Waals surface area (Å²) in [5, 5.41) is 5.88. The van der Waals surface area contributed by atoms with E-state index in [1.54, 1.807) is 0 Å². The molecule has 5 nitrogen and oxygen atoms in total. The molecule has 1 saturated heterocycles. The van der Waals surface area contributed by atoms with Gasteiger partial charge < -0.3 is 5.32 Å². The molecule has 1 aliphatic heterocycles. The van der Waals surface area contributed by atoms with Gasteiger partial charge in [-0.15, -0.1) is 16.5 Å². The minimum atomic E-state index is -0.443. The Hall–Kier alpha value is -0.840. The molecule has 0 saturated carbocycles. The minimum absolute atomic E-state index is 0.118. The molecule has 1 heterocycles. The van der Waals surface area contributed by atoms with Crippen LogP contribution in [-0.2, 0) is 0 Å². The summed E-state index contributed by atoms with van der Waals surface area (Å²) in [6.07, 6.45) is 0. The molecule has 0 aromatic rings. The number of nitrogens with zero attached hydrogens (tertiary/aromatic N) is 2. The molecule has 1 atom stereocenters. The van der Waals surface area contributed by atoms with E-state index in [-0.39, 0.29) is 5.92 Å². The standard InChI is InChI=1S/C5H8ClN3O2/c6-1-4-2-7-5(10)9(3-4)8-11/h4H,1-3H2,(H,7,10). The number of nitrogens with one attached hydrogen (secondary N) is 1. The Balaban J connectivity index is 2.50. The third-order valence-electron chi connectivity index (χ3n) is 1.52. The Morgan fingerprint density at radius 1 is 1.82 bits per heavy atom. The average molecular weight is 178 g/mol. The van der Waals surface area contributed by atoms with E-state index >= 15 is 0 Å². The summed E-state index contributed by atoms with van der Waals surface area (Å²) < 4.78 is 0. The summed E-state index contributed by atoms with van der Waals surface area (Å²) in [5.74, 6) is 0.541. The zero-order chi connectivity index (χ0) is 8.27. The number of alkyl halides is 1. The lowest BCUT2D eigenvalue weighted by Gasteiger charge is -2.25. The molecular weight excluding hydrogens is 170 g/mol. The van der Waals surface area contributed by atoms with E-state index in [0.29, 0.717) is 19.0 Å². The van der Waals surface area contributed by atoms with Crippen LogP contribution in [0.4, 0.5) is 4.79 Å². The second-order valence-corrected chi connectivity index (χ2v) is 2.68. The van der Waals surface area contributed by atoms with E-state index in [1.165, 1.54) is 0 Å². The zero-order valence-electron chi connectivity index (χ0n) is 5.79. The summed E-state index contributed by atoms with van der Waals surface area (Å²) in [7, 11) is 0. The van der Waals surface area contributed by atoms with Crippen LogP contribution in [0.25, 0.3) is 0 Å². The molecule has 1 N–H and O–H groups in total. The molecule has 1 unspecified atom stereocenters. The molecule has 0 aromatic heterocycles. The second-order valence-electron chi connectivity index (χ2n) is 2.37. The fourth-order valence-electron chi connectivity index (χ4n) is 0.889. The van der Waals surface area contributed by atoms with Crippen LogP contribution in [0.15, 0.2) is 5.29 Å². The first-order chi connectivity index (χ1) is 5.27. The van der Waals surface area contributed by atoms with Gasteiger partial charge in [-0.25, -0.2) is 4.79 Å². The molecule has 6 heteroatoms. The number of rotatable bonds is 2. The largest absolute Gasteiger partial charge is 0.340 e. The Bertz CT molecular complexity index is 175. The number of halogens is 1. The quantitative estimate of drug-likeness (QED) is 0.495. The number of carbonyl (C=O) groups excluding carboxylic acids is 1. The maximum atomic E-state index is 10.8. The highest BCUT2D eigenvalue weighted by Gasteiger charge is 2.24. The first-order valence-corrected chi connectivity index (χ1v) is 3.76. The van der Waals surface area contributed by atoms with Gasteiger partial charge in [-0.1, -0.05) is 0 Å². The Morgan fingerprint density at radius 2 is 2.55 bits per heavy atom. The van der Waals surface area contributed by atoms with Crippen LogP contribution in [0.2, 0.25) is 0 Å². The average Bonchev–Trinajstić information content (AvgIpc) is 2.05. The van der Waals surface area contributed by atoms with Crippen molar-refractivity contribution in [3.8, 4) is 0 Å². The van der Waals surface area contributed by atoms with Gasteiger partial charge in [0.1, 0.15) is 0 Å². The van der Waals surface area contributed by atoms with Crippen LogP contribution < -0.4 is 5.32 Å². The summed E-state index contributed by atoms with van der Waals surface area (Å²) in [6.45, 7) is 0.840. The van der Waals surface area contributed by atoms with E-state index in [2.05, 4.69) is 10.6 Å². The van der Waals surface area contributed by atoms with Gasteiger partial charge in [0, 0.05) is 18.3 Å². The van der Waals surface area contributed by atoms with Crippen molar-refractivity contribution >= 4 is 17.6 Å². The summed E-state index contributed by atoms with van der Waals surface area (Å²) in [5.41, 5.74) is 0. The van der Waals surface area contributed by atoms with Gasteiger partial charge in [0.05, 0.1) is 11.8 Å². The van der Waals surface area contributed by atoms with Gasteiger partial charge in [0.15, 0.2) is 0 Å². The highest BCUT2D eigenvalue weighted by atomic mass is 35.5. The lowest BCUT2D eigenvalue weighted by atomic mass is 10.1. The van der Waals surface area contributed by atoms with Crippen LogP contribution in [0.3, 0.4) is 0 Å². The Kier molecular flexibility index (Phi) is 2.64. The topological polar surface area (TPSA) is 61.8 Å². The predicted molar refractivity (Wildman–Crippen MR) is 40.1 cm³/mol. The van der Waals surface area contributed by atoms with Crippen molar-refractivity contribution < 1.29 is 4.79 Å². The van der Waals surface area contributed by atoms with Crippen molar-refractivity contribution in [2.45, 2.75) is 0 Å². The van der Waals surface area contributed by atoms with Gasteiger partial charge in [-0.05, 0) is 0 Å².